The van der Waals surface area contributed by atoms with Gasteiger partial charge in [0.15, 0.2) is 0 Å². The number of carbonyl (C=O) groups is 1. The fourth-order valence-corrected chi connectivity index (χ4v) is 4.08. The number of aromatic nitrogens is 1. The van der Waals surface area contributed by atoms with Crippen molar-refractivity contribution in [2.45, 2.75) is 26.4 Å². The molecular formula is C22H19FN2O3S. The molecule has 1 N–H and O–H groups in total. The molecule has 3 aromatic heterocycles. The summed E-state index contributed by atoms with van der Waals surface area (Å²) >= 11 is 1.55. The molecular weight excluding hydrogens is 391 g/mol. The third-order valence-corrected chi connectivity index (χ3v) is 5.89. The van der Waals surface area contributed by atoms with Crippen molar-refractivity contribution in [2.24, 2.45) is 0 Å². The first kappa shape index (κ1) is 19.1. The van der Waals surface area contributed by atoms with Gasteiger partial charge < -0.3 is 14.3 Å². The molecule has 0 spiro atoms. The number of carbonyl (C=O) groups excluding carboxylic acids is 1. The van der Waals surface area contributed by atoms with E-state index in [4.69, 9.17) is 4.42 Å². The van der Waals surface area contributed by atoms with Gasteiger partial charge in [-0.05, 0) is 37.4 Å². The Morgan fingerprint density at radius 1 is 1.24 bits per heavy atom. The lowest BCUT2D eigenvalue weighted by molar-refractivity contribution is 0.0940. The van der Waals surface area contributed by atoms with Crippen LogP contribution in [0, 0.1) is 12.7 Å². The van der Waals surface area contributed by atoms with Gasteiger partial charge in [0.25, 0.3) is 11.5 Å². The monoisotopic (exact) mass is 410 g/mol. The van der Waals surface area contributed by atoms with Crippen LogP contribution < -0.4 is 10.9 Å². The van der Waals surface area contributed by atoms with Gasteiger partial charge in [0.1, 0.15) is 17.2 Å². The summed E-state index contributed by atoms with van der Waals surface area (Å²) in [4.78, 5) is 27.1. The highest BCUT2D eigenvalue weighted by atomic mass is 32.1. The Bertz CT molecular complexity index is 1240. The number of halogens is 1. The minimum absolute atomic E-state index is 0.0678. The molecule has 7 heteroatoms. The number of benzene rings is 1. The summed E-state index contributed by atoms with van der Waals surface area (Å²) in [5, 5.41) is 5.07. The molecule has 5 nitrogen and oxygen atoms in total. The molecule has 4 rings (SSSR count). The highest BCUT2D eigenvalue weighted by molar-refractivity contribution is 7.10. The first-order valence-corrected chi connectivity index (χ1v) is 10.0. The summed E-state index contributed by atoms with van der Waals surface area (Å²) in [5.41, 5.74) is 0.561. The number of amides is 1. The van der Waals surface area contributed by atoms with Crippen molar-refractivity contribution in [1.29, 1.82) is 0 Å². The molecule has 29 heavy (non-hydrogen) atoms. The molecule has 1 unspecified atom stereocenters. The summed E-state index contributed by atoms with van der Waals surface area (Å²) in [6.07, 6.45) is 1.55. The molecule has 0 radical (unpaired) electrons. The Morgan fingerprint density at radius 3 is 2.76 bits per heavy atom. The highest BCUT2D eigenvalue weighted by Gasteiger charge is 2.23. The summed E-state index contributed by atoms with van der Waals surface area (Å²) in [6.45, 7) is 3.61. The smallest absolute Gasteiger partial charge is 0.262 e. The van der Waals surface area contributed by atoms with Gasteiger partial charge in [-0.2, -0.15) is 0 Å². The second-order valence-electron chi connectivity index (χ2n) is 6.82. The van der Waals surface area contributed by atoms with Crippen molar-refractivity contribution in [1.82, 2.24) is 9.88 Å². The van der Waals surface area contributed by atoms with Crippen LogP contribution in [0.1, 0.15) is 39.5 Å². The Morgan fingerprint density at radius 2 is 2.03 bits per heavy atom. The number of aryl methyl sites for hydroxylation is 1. The molecule has 3 heterocycles. The van der Waals surface area contributed by atoms with Crippen molar-refractivity contribution < 1.29 is 13.6 Å². The molecule has 0 aliphatic carbocycles. The van der Waals surface area contributed by atoms with Gasteiger partial charge >= 0.3 is 0 Å². The van der Waals surface area contributed by atoms with Crippen LogP contribution in [0.5, 0.6) is 0 Å². The summed E-state index contributed by atoms with van der Waals surface area (Å²) in [6, 6.07) is 11.6. The number of rotatable bonds is 5. The zero-order valence-electron chi connectivity index (χ0n) is 15.9. The Kier molecular flexibility index (Phi) is 5.07. The molecule has 0 aliphatic heterocycles. The predicted molar refractivity (Wildman–Crippen MR) is 111 cm³/mol. The molecule has 0 saturated carbocycles. The zero-order chi connectivity index (χ0) is 20.5. The predicted octanol–water partition coefficient (Wildman–Crippen LogP) is 4.64. The minimum Gasteiger partial charge on any atom is -0.460 e. The maximum Gasteiger partial charge on any atom is 0.262 e. The highest BCUT2D eigenvalue weighted by Crippen LogP contribution is 2.25. The van der Waals surface area contributed by atoms with Crippen molar-refractivity contribution in [3.05, 3.63) is 92.0 Å². The normalized spacial score (nSPS) is 12.2. The van der Waals surface area contributed by atoms with Crippen molar-refractivity contribution in [3.63, 3.8) is 0 Å². The number of hydrogen-bond donors (Lipinski definition) is 1. The Labute approximate surface area is 170 Å². The van der Waals surface area contributed by atoms with E-state index < -0.39 is 5.56 Å². The number of hydrogen-bond acceptors (Lipinski definition) is 4. The number of furan rings is 1. The van der Waals surface area contributed by atoms with Gasteiger partial charge in [-0.15, -0.1) is 11.3 Å². The van der Waals surface area contributed by atoms with Crippen molar-refractivity contribution in [3.8, 4) is 0 Å². The van der Waals surface area contributed by atoms with Gasteiger partial charge in [-0.3, -0.25) is 9.59 Å². The third kappa shape index (κ3) is 3.61. The first-order chi connectivity index (χ1) is 14.0. The average molecular weight is 410 g/mol. The van der Waals surface area contributed by atoms with Crippen molar-refractivity contribution in [2.75, 3.05) is 0 Å². The molecule has 0 aliphatic rings. The molecule has 0 saturated heterocycles. The largest absolute Gasteiger partial charge is 0.460 e. The molecule has 0 bridgehead atoms. The van der Waals surface area contributed by atoms with Crippen LogP contribution >= 0.6 is 11.3 Å². The second-order valence-corrected chi connectivity index (χ2v) is 7.80. The number of thiophene rings is 1. The molecule has 1 atom stereocenters. The maximum atomic E-state index is 14.0. The van der Waals surface area contributed by atoms with E-state index in [0.717, 1.165) is 4.88 Å². The minimum atomic E-state index is -0.392. The van der Waals surface area contributed by atoms with Crippen LogP contribution in [0.3, 0.4) is 0 Å². The number of nitrogens with one attached hydrogen (secondary N) is 1. The number of nitrogens with zero attached hydrogens (tertiary/aromatic N) is 1. The van der Waals surface area contributed by atoms with Gasteiger partial charge in [-0.25, -0.2) is 4.39 Å². The lowest BCUT2D eigenvalue weighted by Gasteiger charge is -2.12. The van der Waals surface area contributed by atoms with Gasteiger partial charge in [0, 0.05) is 16.6 Å². The van der Waals surface area contributed by atoms with Gasteiger partial charge in [0.2, 0.25) is 0 Å². The van der Waals surface area contributed by atoms with Gasteiger partial charge in [0.05, 0.1) is 23.5 Å². The lowest BCUT2D eigenvalue weighted by Crippen LogP contribution is -2.28. The topological polar surface area (TPSA) is 64.2 Å². The lowest BCUT2D eigenvalue weighted by atomic mass is 10.1. The van der Waals surface area contributed by atoms with Crippen LogP contribution in [-0.4, -0.2) is 10.5 Å². The van der Waals surface area contributed by atoms with E-state index in [9.17, 15) is 14.0 Å². The third-order valence-electron chi connectivity index (χ3n) is 4.84. The molecule has 148 valence electrons. The van der Waals surface area contributed by atoms with E-state index in [1.165, 1.54) is 10.6 Å². The van der Waals surface area contributed by atoms with E-state index in [0.29, 0.717) is 16.9 Å². The Hall–Kier alpha value is -3.19. The van der Waals surface area contributed by atoms with E-state index in [1.54, 1.807) is 48.7 Å². The first-order valence-electron chi connectivity index (χ1n) is 9.16. The molecule has 0 fully saturated rings. The van der Waals surface area contributed by atoms with E-state index >= 15 is 0 Å². The second kappa shape index (κ2) is 7.67. The molecule has 4 aromatic rings. The molecule has 1 aromatic carbocycles. The van der Waals surface area contributed by atoms with Crippen LogP contribution in [0.2, 0.25) is 0 Å². The van der Waals surface area contributed by atoms with Crippen molar-refractivity contribution >= 4 is 28.2 Å². The summed E-state index contributed by atoms with van der Waals surface area (Å²) < 4.78 is 21.1. The molecule has 1 amide bonds. The summed E-state index contributed by atoms with van der Waals surface area (Å²) in [7, 11) is 0. The fourth-order valence-electron chi connectivity index (χ4n) is 3.35. The van der Waals surface area contributed by atoms with E-state index in [-0.39, 0.29) is 35.3 Å². The van der Waals surface area contributed by atoms with Crippen LogP contribution in [0.25, 0.3) is 11.0 Å². The fraction of sp³-hybridized carbons (Fsp3) is 0.182. The Balaban J connectivity index is 1.73. The van der Waals surface area contributed by atoms with Gasteiger partial charge in [-0.1, -0.05) is 24.3 Å². The maximum absolute atomic E-state index is 14.0. The standard InChI is InChI=1S/C22H19FN2O3S/c1-13(18-8-5-11-29-18)24-21(26)19-14(2)28-17-9-10-25(22(27)20(17)19)12-15-6-3-4-7-16(15)23/h3-11,13H,12H2,1-2H3,(H,24,26). The average Bonchev–Trinajstić information content (AvgIpc) is 3.33. The van der Waals surface area contributed by atoms with Crippen LogP contribution in [-0.2, 0) is 6.54 Å². The van der Waals surface area contributed by atoms with E-state index in [1.807, 2.05) is 24.4 Å². The van der Waals surface area contributed by atoms with Crippen LogP contribution in [0.15, 0.2) is 63.3 Å². The summed E-state index contributed by atoms with van der Waals surface area (Å²) in [5.74, 6) is -0.384. The number of pyridine rings is 1. The SMILES string of the molecule is Cc1oc2ccn(Cc3ccccc3F)c(=O)c2c1C(=O)NC(C)c1cccs1. The van der Waals surface area contributed by atoms with Crippen LogP contribution in [0.4, 0.5) is 4.39 Å². The van der Waals surface area contributed by atoms with E-state index in [2.05, 4.69) is 5.32 Å². The quantitative estimate of drug-likeness (QED) is 0.521. The number of fused-ring (bicyclic) bond motifs is 1. The zero-order valence-corrected chi connectivity index (χ0v) is 16.8.